The van der Waals surface area contributed by atoms with E-state index in [0.29, 0.717) is 10.6 Å². The van der Waals surface area contributed by atoms with Crippen molar-refractivity contribution >= 4 is 43.9 Å². The Kier molecular flexibility index (Phi) is 6.05. The number of sulfone groups is 1. The molecule has 0 fully saturated rings. The number of allylic oxidation sites excluding steroid dienone is 1. The molecule has 0 aliphatic carbocycles. The number of nitrogens with zero attached hydrogens (tertiary/aromatic N) is 3. The fourth-order valence-electron chi connectivity index (χ4n) is 3.95. The van der Waals surface area contributed by atoms with E-state index in [1.807, 2.05) is 0 Å². The van der Waals surface area contributed by atoms with E-state index in [1.54, 1.807) is 24.3 Å². The van der Waals surface area contributed by atoms with Crippen molar-refractivity contribution in [2.75, 3.05) is 5.75 Å². The Morgan fingerprint density at radius 3 is 2.41 bits per heavy atom. The number of thioether (sulfide) groups is 1. The number of aliphatic imine (C=N–C) groups is 1. The third-order valence-electron chi connectivity index (χ3n) is 5.82. The Hall–Kier alpha value is -2.12. The monoisotopic (exact) mass is 538 g/mol. The van der Waals surface area contributed by atoms with Gasteiger partial charge in [-0.25, -0.2) is 12.8 Å². The lowest BCUT2D eigenvalue weighted by Gasteiger charge is -2.42. The third kappa shape index (κ3) is 4.44. The minimum Gasteiger partial charge on any atom is -0.416 e. The fraction of sp³-hybridized carbons (Fsp3) is 0.450. The first-order valence-corrected chi connectivity index (χ1v) is 12.8. The number of nitrogens with two attached hydrogens (primary N) is 1. The molecule has 4 rings (SSSR count). The number of aromatic nitrogens is 2. The van der Waals surface area contributed by atoms with Crippen LogP contribution in [0.2, 0.25) is 5.02 Å². The summed E-state index contributed by atoms with van der Waals surface area (Å²) in [4.78, 5) is 4.38. The molecule has 0 spiro atoms. The lowest BCUT2D eigenvalue weighted by Crippen LogP contribution is -2.61. The quantitative estimate of drug-likeness (QED) is 0.573. The van der Waals surface area contributed by atoms with Crippen LogP contribution in [0, 0.1) is 0 Å². The van der Waals surface area contributed by atoms with Gasteiger partial charge >= 0.3 is 6.18 Å². The van der Waals surface area contributed by atoms with Crippen molar-refractivity contribution in [1.82, 2.24) is 10.2 Å². The molecule has 0 saturated carbocycles. The molecule has 0 bridgehead atoms. The Balaban J connectivity index is 1.60. The van der Waals surface area contributed by atoms with E-state index in [2.05, 4.69) is 15.2 Å². The van der Waals surface area contributed by atoms with Gasteiger partial charge in [-0.1, -0.05) is 11.6 Å². The number of amidine groups is 1. The number of alkyl halides is 4. The van der Waals surface area contributed by atoms with Crippen molar-refractivity contribution in [2.45, 2.75) is 48.2 Å². The van der Waals surface area contributed by atoms with Gasteiger partial charge in [-0.2, -0.15) is 13.2 Å². The van der Waals surface area contributed by atoms with Crippen molar-refractivity contribution in [2.24, 2.45) is 10.7 Å². The SMILES string of the molecule is C[C@@]1(C2SC(c3nnc(-c4ccc(Cl)cc4)o3)=CC2F)CS(=O)(=O)[C@](C)(CC(F)(F)F)C(N)=N1. The van der Waals surface area contributed by atoms with Crippen LogP contribution in [0.3, 0.4) is 0 Å². The zero-order chi connectivity index (χ0) is 25.1. The lowest BCUT2D eigenvalue weighted by atomic mass is 9.95. The predicted molar refractivity (Wildman–Crippen MR) is 122 cm³/mol. The minimum atomic E-state index is -4.78. The zero-order valence-electron chi connectivity index (χ0n) is 17.8. The molecule has 34 heavy (non-hydrogen) atoms. The van der Waals surface area contributed by atoms with Gasteiger partial charge in [0.25, 0.3) is 5.89 Å². The standard InChI is InChI=1S/C20H19ClF4N4O3S2/c1-18(9-34(30,31)19(2,17(26)27-18)8-20(23,24)25)14-12(22)7-13(33-14)16-29-28-15(32-16)10-3-5-11(21)6-4-10/h3-7,12,14H,8-9H2,1-2H3,(H2,26,27)/t12?,14?,18-,19+/m0/s1. The number of benzene rings is 1. The maximum Gasteiger partial charge on any atom is 0.391 e. The summed E-state index contributed by atoms with van der Waals surface area (Å²) in [5, 5.41) is 7.30. The molecule has 184 valence electrons. The van der Waals surface area contributed by atoms with Crippen LogP contribution in [0.5, 0.6) is 0 Å². The highest BCUT2D eigenvalue weighted by Crippen LogP contribution is 2.49. The molecule has 2 aliphatic heterocycles. The van der Waals surface area contributed by atoms with Crippen LogP contribution in [-0.2, 0) is 9.84 Å². The molecule has 7 nitrogen and oxygen atoms in total. The molecular formula is C20H19ClF4N4O3S2. The second kappa shape index (κ2) is 8.23. The Bertz CT molecular complexity index is 1280. The van der Waals surface area contributed by atoms with E-state index < -0.39 is 55.7 Å². The highest BCUT2D eigenvalue weighted by molar-refractivity contribution is 8.09. The van der Waals surface area contributed by atoms with Gasteiger partial charge < -0.3 is 10.2 Å². The normalized spacial score (nSPS) is 31.3. The van der Waals surface area contributed by atoms with Gasteiger partial charge in [0.2, 0.25) is 5.89 Å². The number of hydrogen-bond acceptors (Lipinski definition) is 8. The molecule has 4 atom stereocenters. The molecule has 0 radical (unpaired) electrons. The molecular weight excluding hydrogens is 520 g/mol. The predicted octanol–water partition coefficient (Wildman–Crippen LogP) is 4.44. The first-order valence-electron chi connectivity index (χ1n) is 9.91. The van der Waals surface area contributed by atoms with Crippen LogP contribution in [-0.4, -0.2) is 58.1 Å². The highest BCUT2D eigenvalue weighted by Gasteiger charge is 2.59. The van der Waals surface area contributed by atoms with Gasteiger partial charge in [0, 0.05) is 10.6 Å². The number of hydrogen-bond donors (Lipinski definition) is 1. The maximum atomic E-state index is 15.1. The zero-order valence-corrected chi connectivity index (χ0v) is 20.2. The summed E-state index contributed by atoms with van der Waals surface area (Å²) in [6.07, 6.45) is -6.95. The lowest BCUT2D eigenvalue weighted by molar-refractivity contribution is -0.137. The Morgan fingerprint density at radius 2 is 1.82 bits per heavy atom. The van der Waals surface area contributed by atoms with E-state index in [-0.39, 0.29) is 16.7 Å². The fourth-order valence-corrected chi connectivity index (χ4v) is 7.53. The van der Waals surface area contributed by atoms with Gasteiger partial charge in [0.1, 0.15) is 16.8 Å². The van der Waals surface area contributed by atoms with Crippen molar-refractivity contribution in [3.05, 3.63) is 41.3 Å². The van der Waals surface area contributed by atoms with E-state index in [1.165, 1.54) is 13.0 Å². The first-order chi connectivity index (χ1) is 15.6. The summed E-state index contributed by atoms with van der Waals surface area (Å²) in [5.41, 5.74) is 4.75. The van der Waals surface area contributed by atoms with Crippen LogP contribution in [0.15, 0.2) is 39.8 Å². The number of halogens is 5. The van der Waals surface area contributed by atoms with E-state index in [4.69, 9.17) is 21.8 Å². The van der Waals surface area contributed by atoms with Gasteiger partial charge in [-0.3, -0.25) is 4.99 Å². The van der Waals surface area contributed by atoms with E-state index >= 15 is 4.39 Å². The summed E-state index contributed by atoms with van der Waals surface area (Å²) in [6, 6.07) is 6.61. The van der Waals surface area contributed by atoms with Crippen LogP contribution in [0.25, 0.3) is 16.4 Å². The molecule has 1 aromatic heterocycles. The number of rotatable bonds is 4. The van der Waals surface area contributed by atoms with Crippen molar-refractivity contribution < 1.29 is 30.4 Å². The highest BCUT2D eigenvalue weighted by atomic mass is 35.5. The second-order valence-corrected chi connectivity index (χ2v) is 12.6. The summed E-state index contributed by atoms with van der Waals surface area (Å²) < 4.78 is 83.4. The molecule has 2 aliphatic rings. The summed E-state index contributed by atoms with van der Waals surface area (Å²) in [7, 11) is -4.43. The smallest absolute Gasteiger partial charge is 0.391 e. The molecule has 2 N–H and O–H groups in total. The Labute approximate surface area is 201 Å². The minimum absolute atomic E-state index is 0.0150. The molecule has 3 heterocycles. The molecule has 0 amide bonds. The Morgan fingerprint density at radius 1 is 1.21 bits per heavy atom. The van der Waals surface area contributed by atoms with Gasteiger partial charge in [-0.05, 0) is 44.2 Å². The first kappa shape index (κ1) is 25.0. The summed E-state index contributed by atoms with van der Waals surface area (Å²) in [6.45, 7) is 2.25. The van der Waals surface area contributed by atoms with Crippen LogP contribution in [0.1, 0.15) is 26.2 Å². The van der Waals surface area contributed by atoms with Crippen LogP contribution in [0.4, 0.5) is 17.6 Å². The topological polar surface area (TPSA) is 111 Å². The van der Waals surface area contributed by atoms with E-state index in [9.17, 15) is 21.6 Å². The molecule has 1 aromatic carbocycles. The second-order valence-electron chi connectivity index (χ2n) is 8.57. The molecule has 0 saturated heterocycles. The van der Waals surface area contributed by atoms with Crippen molar-refractivity contribution in [3.63, 3.8) is 0 Å². The van der Waals surface area contributed by atoms with Crippen LogP contribution >= 0.6 is 23.4 Å². The average molecular weight is 539 g/mol. The molecule has 2 unspecified atom stereocenters. The van der Waals surface area contributed by atoms with E-state index in [0.717, 1.165) is 18.7 Å². The van der Waals surface area contributed by atoms with Gasteiger partial charge in [0.05, 0.1) is 27.9 Å². The average Bonchev–Trinajstić information content (AvgIpc) is 3.33. The third-order valence-corrected chi connectivity index (χ3v) is 10.3. The van der Waals surface area contributed by atoms with Gasteiger partial charge in [0.15, 0.2) is 9.84 Å². The maximum absolute atomic E-state index is 15.1. The van der Waals surface area contributed by atoms with Gasteiger partial charge in [-0.15, -0.1) is 22.0 Å². The molecule has 2 aromatic rings. The van der Waals surface area contributed by atoms with Crippen LogP contribution < -0.4 is 5.73 Å². The van der Waals surface area contributed by atoms with Crippen molar-refractivity contribution in [3.8, 4) is 11.5 Å². The van der Waals surface area contributed by atoms with Crippen molar-refractivity contribution in [1.29, 1.82) is 0 Å². The summed E-state index contributed by atoms with van der Waals surface area (Å²) in [5.74, 6) is -1.31. The largest absolute Gasteiger partial charge is 0.416 e. The molecule has 14 heteroatoms. The summed E-state index contributed by atoms with van der Waals surface area (Å²) >= 11 is 6.79.